The molecule has 3 rings (SSSR count). The van der Waals surface area contributed by atoms with Crippen LogP contribution in [-0.4, -0.2) is 0 Å². The van der Waals surface area contributed by atoms with Crippen molar-refractivity contribution < 1.29 is 0 Å². The normalized spacial score (nSPS) is 10.8. The summed E-state index contributed by atoms with van der Waals surface area (Å²) in [4.78, 5) is 0. The van der Waals surface area contributed by atoms with Crippen LogP contribution in [0.25, 0.3) is 20.0 Å². The molecule has 0 aliphatic rings. The third kappa shape index (κ3) is 1.96. The SMILES string of the molecule is N#Cc1cccc(-c2pc3ccccc3s2)c1. The fourth-order valence-electron chi connectivity index (χ4n) is 1.72. The van der Waals surface area contributed by atoms with Crippen molar-refractivity contribution in [3.8, 4) is 16.2 Å². The molecule has 0 bridgehead atoms. The van der Waals surface area contributed by atoms with E-state index in [1.807, 2.05) is 18.2 Å². The molecule has 3 heteroatoms. The zero-order valence-electron chi connectivity index (χ0n) is 8.92. The monoisotopic (exact) mass is 253 g/mol. The van der Waals surface area contributed by atoms with Crippen LogP contribution in [0.3, 0.4) is 0 Å². The van der Waals surface area contributed by atoms with Crippen LogP contribution >= 0.6 is 19.5 Å². The summed E-state index contributed by atoms with van der Waals surface area (Å²) in [5.74, 6) is 0. The molecule has 0 radical (unpaired) electrons. The van der Waals surface area contributed by atoms with Crippen LogP contribution in [0.4, 0.5) is 0 Å². The van der Waals surface area contributed by atoms with Crippen molar-refractivity contribution in [1.29, 1.82) is 5.26 Å². The third-order valence-electron chi connectivity index (χ3n) is 2.53. The van der Waals surface area contributed by atoms with Crippen LogP contribution < -0.4 is 0 Å². The van der Waals surface area contributed by atoms with Crippen LogP contribution in [0.15, 0.2) is 48.5 Å². The smallest absolute Gasteiger partial charge is 0.0991 e. The second-order valence-electron chi connectivity index (χ2n) is 3.68. The maximum absolute atomic E-state index is 8.91. The summed E-state index contributed by atoms with van der Waals surface area (Å²) in [6.45, 7) is 0. The summed E-state index contributed by atoms with van der Waals surface area (Å²) in [5.41, 5.74) is 1.88. The van der Waals surface area contributed by atoms with E-state index in [1.165, 1.54) is 22.6 Å². The predicted molar refractivity (Wildman–Crippen MR) is 74.5 cm³/mol. The van der Waals surface area contributed by atoms with E-state index in [9.17, 15) is 0 Å². The van der Waals surface area contributed by atoms with Gasteiger partial charge in [0, 0.05) is 9.82 Å². The molecule has 17 heavy (non-hydrogen) atoms. The highest BCUT2D eigenvalue weighted by Gasteiger charge is 2.04. The van der Waals surface area contributed by atoms with E-state index in [4.69, 9.17) is 5.26 Å². The molecule has 0 aliphatic carbocycles. The molecular formula is C14H8NPS. The van der Waals surface area contributed by atoms with E-state index < -0.39 is 0 Å². The topological polar surface area (TPSA) is 23.8 Å². The molecule has 0 atom stereocenters. The Hall–Kier alpha value is -1.68. The first-order valence-electron chi connectivity index (χ1n) is 5.23. The number of hydrogen-bond donors (Lipinski definition) is 0. The summed E-state index contributed by atoms with van der Waals surface area (Å²) < 4.78 is 2.63. The first kappa shape index (κ1) is 10.5. The molecule has 0 amide bonds. The van der Waals surface area contributed by atoms with Gasteiger partial charge in [0.15, 0.2) is 0 Å². The summed E-state index contributed by atoms with van der Waals surface area (Å²) >= 11 is 1.80. The number of fused-ring (bicyclic) bond motifs is 1. The van der Waals surface area contributed by atoms with Gasteiger partial charge in [-0.15, -0.1) is 11.3 Å². The Morgan fingerprint density at radius 1 is 1.06 bits per heavy atom. The molecule has 0 saturated heterocycles. The van der Waals surface area contributed by atoms with Gasteiger partial charge in [0.1, 0.15) is 0 Å². The Balaban J connectivity index is 2.17. The number of rotatable bonds is 1. The van der Waals surface area contributed by atoms with Gasteiger partial charge in [0.05, 0.1) is 16.2 Å². The number of nitriles is 1. The van der Waals surface area contributed by atoms with E-state index >= 15 is 0 Å². The summed E-state index contributed by atoms with van der Waals surface area (Å²) in [5, 5.41) is 10.3. The van der Waals surface area contributed by atoms with Gasteiger partial charge >= 0.3 is 0 Å². The largest absolute Gasteiger partial charge is 0.192 e. The standard InChI is InChI=1S/C14H8NPS/c15-9-10-4-3-5-11(8-10)14-16-12-6-1-2-7-13(12)17-14/h1-8H. The highest BCUT2D eigenvalue weighted by Crippen LogP contribution is 2.42. The van der Waals surface area contributed by atoms with Gasteiger partial charge in [0.25, 0.3) is 0 Å². The minimum Gasteiger partial charge on any atom is -0.192 e. The molecule has 80 valence electrons. The molecule has 0 saturated carbocycles. The van der Waals surface area contributed by atoms with Crippen LogP contribution in [-0.2, 0) is 0 Å². The Labute approximate surface area is 105 Å². The minimum atomic E-state index is 0.724. The van der Waals surface area contributed by atoms with Gasteiger partial charge in [-0.3, -0.25) is 0 Å². The highest BCUT2D eigenvalue weighted by molar-refractivity contribution is 7.54. The molecule has 0 fully saturated rings. The number of hydrogen-bond acceptors (Lipinski definition) is 2. The minimum absolute atomic E-state index is 0.724. The van der Waals surface area contributed by atoms with Crippen molar-refractivity contribution in [1.82, 2.24) is 0 Å². The number of benzene rings is 2. The zero-order chi connectivity index (χ0) is 11.7. The summed E-state index contributed by atoms with van der Waals surface area (Å²) in [6, 6.07) is 18.4. The van der Waals surface area contributed by atoms with Gasteiger partial charge < -0.3 is 0 Å². The van der Waals surface area contributed by atoms with Gasteiger partial charge in [-0.1, -0.05) is 24.3 Å². The van der Waals surface area contributed by atoms with Crippen LogP contribution in [0.5, 0.6) is 0 Å². The van der Waals surface area contributed by atoms with Crippen molar-refractivity contribution >= 4 is 29.3 Å². The van der Waals surface area contributed by atoms with Crippen molar-refractivity contribution in [3.63, 3.8) is 0 Å². The molecule has 1 nitrogen and oxygen atoms in total. The van der Waals surface area contributed by atoms with Crippen molar-refractivity contribution in [3.05, 3.63) is 54.1 Å². The molecule has 1 aromatic heterocycles. The number of nitrogens with zero attached hydrogens (tertiary/aromatic N) is 1. The molecule has 0 N–H and O–H groups in total. The van der Waals surface area contributed by atoms with E-state index in [2.05, 4.69) is 36.4 Å². The maximum Gasteiger partial charge on any atom is 0.0991 e. The van der Waals surface area contributed by atoms with Crippen LogP contribution in [0.1, 0.15) is 5.56 Å². The predicted octanol–water partition coefficient (Wildman–Crippen LogP) is 5.02. The van der Waals surface area contributed by atoms with Gasteiger partial charge in [-0.2, -0.15) is 5.26 Å². The quantitative estimate of drug-likeness (QED) is 0.597. The molecule has 3 aromatic rings. The lowest BCUT2D eigenvalue weighted by atomic mass is 10.2. The van der Waals surface area contributed by atoms with Gasteiger partial charge in [0.2, 0.25) is 0 Å². The van der Waals surface area contributed by atoms with E-state index in [0.717, 1.165) is 11.1 Å². The van der Waals surface area contributed by atoms with Crippen molar-refractivity contribution in [2.45, 2.75) is 0 Å². The zero-order valence-corrected chi connectivity index (χ0v) is 10.6. The Kier molecular flexibility index (Phi) is 2.65. The second kappa shape index (κ2) is 4.30. The lowest BCUT2D eigenvalue weighted by molar-refractivity contribution is 1.49. The van der Waals surface area contributed by atoms with Crippen molar-refractivity contribution in [2.24, 2.45) is 0 Å². The molecule has 1 heterocycles. The fraction of sp³-hybridized carbons (Fsp3) is 0. The second-order valence-corrected chi connectivity index (χ2v) is 6.19. The van der Waals surface area contributed by atoms with E-state index in [-0.39, 0.29) is 0 Å². The molecule has 0 aliphatic heterocycles. The fourth-order valence-corrected chi connectivity index (χ4v) is 4.37. The molecule has 0 unspecified atom stereocenters. The lowest BCUT2D eigenvalue weighted by Crippen LogP contribution is -1.74. The Morgan fingerprint density at radius 3 is 2.76 bits per heavy atom. The van der Waals surface area contributed by atoms with Gasteiger partial charge in [-0.05, 0) is 38.0 Å². The van der Waals surface area contributed by atoms with Crippen LogP contribution in [0, 0.1) is 11.3 Å². The third-order valence-corrected chi connectivity index (χ3v) is 5.33. The summed E-state index contributed by atoms with van der Waals surface area (Å²) in [7, 11) is 1.25. The molecule has 2 aromatic carbocycles. The molecule has 0 spiro atoms. The maximum atomic E-state index is 8.91. The van der Waals surface area contributed by atoms with Crippen LogP contribution in [0.2, 0.25) is 0 Å². The summed E-state index contributed by atoms with van der Waals surface area (Å²) in [6.07, 6.45) is 0. The first-order chi connectivity index (χ1) is 8.36. The average Bonchev–Trinajstić information content (AvgIpc) is 2.82. The van der Waals surface area contributed by atoms with Gasteiger partial charge in [-0.25, -0.2) is 0 Å². The van der Waals surface area contributed by atoms with E-state index in [0.29, 0.717) is 0 Å². The lowest BCUT2D eigenvalue weighted by Gasteiger charge is -1.95. The molecular weight excluding hydrogens is 245 g/mol. The average molecular weight is 253 g/mol. The van der Waals surface area contributed by atoms with E-state index in [1.54, 1.807) is 11.3 Å². The Morgan fingerprint density at radius 2 is 1.94 bits per heavy atom. The van der Waals surface area contributed by atoms with Crippen molar-refractivity contribution in [2.75, 3.05) is 0 Å². The first-order valence-corrected chi connectivity index (χ1v) is 6.94. The highest BCUT2D eigenvalue weighted by atomic mass is 32.1. The Bertz CT molecular complexity index is 691.